The first-order valence-electron chi connectivity index (χ1n) is 9.55. The fraction of sp³-hybridized carbons (Fsp3) is 0.476. The van der Waals surface area contributed by atoms with Gasteiger partial charge in [0.1, 0.15) is 5.82 Å². The number of anilines is 1. The van der Waals surface area contributed by atoms with Crippen molar-refractivity contribution in [2.24, 2.45) is 5.41 Å². The van der Waals surface area contributed by atoms with Gasteiger partial charge in [-0.25, -0.2) is 4.98 Å². The highest BCUT2D eigenvalue weighted by atomic mass is 16.2. The molecule has 0 saturated carbocycles. The van der Waals surface area contributed by atoms with E-state index in [2.05, 4.69) is 38.8 Å². The van der Waals surface area contributed by atoms with Crippen LogP contribution in [-0.4, -0.2) is 47.0 Å². The number of carbonyl (C=O) groups is 1. The fourth-order valence-electron chi connectivity index (χ4n) is 4.53. The van der Waals surface area contributed by atoms with Crippen LogP contribution in [0, 0.1) is 5.41 Å². The van der Waals surface area contributed by atoms with E-state index >= 15 is 0 Å². The van der Waals surface area contributed by atoms with Gasteiger partial charge in [0.25, 0.3) is 0 Å². The monoisotopic (exact) mass is 350 g/mol. The van der Waals surface area contributed by atoms with Gasteiger partial charge in [-0.1, -0.05) is 30.3 Å². The van der Waals surface area contributed by atoms with Gasteiger partial charge in [-0.05, 0) is 37.2 Å². The van der Waals surface area contributed by atoms with Crippen molar-refractivity contribution in [3.05, 3.63) is 54.5 Å². The molecular weight excluding hydrogens is 324 g/mol. The van der Waals surface area contributed by atoms with Crippen molar-refractivity contribution in [2.75, 3.05) is 31.1 Å². The van der Waals surface area contributed by atoms with E-state index in [1.165, 1.54) is 0 Å². The molecule has 5 nitrogen and oxygen atoms in total. The van der Waals surface area contributed by atoms with Crippen LogP contribution >= 0.6 is 0 Å². The molecule has 0 bridgehead atoms. The Balaban J connectivity index is 1.54. The van der Waals surface area contributed by atoms with Gasteiger partial charge in [-0.2, -0.15) is 0 Å². The first kappa shape index (κ1) is 17.0. The Kier molecular flexibility index (Phi) is 4.62. The number of piperidine rings is 2. The Morgan fingerprint density at radius 3 is 2.58 bits per heavy atom. The van der Waals surface area contributed by atoms with Crippen LogP contribution in [0.5, 0.6) is 0 Å². The maximum absolute atomic E-state index is 13.0. The van der Waals surface area contributed by atoms with Crippen molar-refractivity contribution in [3.63, 3.8) is 0 Å². The number of aromatic nitrogens is 2. The molecule has 1 atom stereocenters. The number of likely N-dealkylation sites (N-methyl/N-ethyl adjacent to an activating group) is 1. The van der Waals surface area contributed by atoms with Gasteiger partial charge in [0.05, 0.1) is 12.1 Å². The minimum Gasteiger partial charge on any atom is -0.355 e. The van der Waals surface area contributed by atoms with Crippen LogP contribution in [0.15, 0.2) is 48.9 Å². The predicted octanol–water partition coefficient (Wildman–Crippen LogP) is 3.10. The van der Waals surface area contributed by atoms with Crippen molar-refractivity contribution in [3.8, 4) is 0 Å². The summed E-state index contributed by atoms with van der Waals surface area (Å²) in [7, 11) is 0. The third-order valence-electron chi connectivity index (χ3n) is 6.05. The molecule has 0 unspecified atom stereocenters. The van der Waals surface area contributed by atoms with E-state index in [4.69, 9.17) is 0 Å². The summed E-state index contributed by atoms with van der Waals surface area (Å²) < 4.78 is 0. The number of rotatable bonds is 3. The van der Waals surface area contributed by atoms with Crippen LogP contribution in [-0.2, 0) is 4.79 Å². The van der Waals surface area contributed by atoms with E-state index in [-0.39, 0.29) is 11.3 Å². The normalized spacial score (nSPS) is 22.7. The molecule has 3 heterocycles. The van der Waals surface area contributed by atoms with Gasteiger partial charge in [0.2, 0.25) is 5.91 Å². The van der Waals surface area contributed by atoms with E-state index in [1.807, 2.05) is 24.4 Å². The summed E-state index contributed by atoms with van der Waals surface area (Å²) in [4.78, 5) is 26.0. The highest BCUT2D eigenvalue weighted by Crippen LogP contribution is 2.45. The molecule has 2 aliphatic rings. The van der Waals surface area contributed by atoms with Gasteiger partial charge in [0, 0.05) is 38.6 Å². The summed E-state index contributed by atoms with van der Waals surface area (Å²) >= 11 is 0. The van der Waals surface area contributed by atoms with Crippen LogP contribution in [0.25, 0.3) is 0 Å². The van der Waals surface area contributed by atoms with Crippen LogP contribution in [0.2, 0.25) is 0 Å². The molecule has 1 spiro atoms. The molecule has 2 aromatic rings. The Morgan fingerprint density at radius 1 is 1.15 bits per heavy atom. The van der Waals surface area contributed by atoms with Crippen molar-refractivity contribution in [1.82, 2.24) is 14.9 Å². The molecular formula is C21H26N4O. The number of hydrogen-bond donors (Lipinski definition) is 0. The zero-order valence-electron chi connectivity index (χ0n) is 15.3. The lowest BCUT2D eigenvalue weighted by molar-refractivity contribution is -0.140. The summed E-state index contributed by atoms with van der Waals surface area (Å²) in [6, 6.07) is 10.3. The number of hydrogen-bond acceptors (Lipinski definition) is 4. The molecule has 0 radical (unpaired) electrons. The second-order valence-electron chi connectivity index (χ2n) is 7.57. The van der Waals surface area contributed by atoms with Gasteiger partial charge in [0.15, 0.2) is 0 Å². The van der Waals surface area contributed by atoms with Crippen LogP contribution in [0.3, 0.4) is 0 Å². The number of amides is 1. The Morgan fingerprint density at radius 2 is 1.92 bits per heavy atom. The molecule has 0 N–H and O–H groups in total. The second kappa shape index (κ2) is 7.06. The summed E-state index contributed by atoms with van der Waals surface area (Å²) in [5, 5.41) is 0. The molecule has 5 heteroatoms. The largest absolute Gasteiger partial charge is 0.355 e. The zero-order valence-corrected chi connectivity index (χ0v) is 15.3. The van der Waals surface area contributed by atoms with Gasteiger partial charge >= 0.3 is 0 Å². The topological polar surface area (TPSA) is 49.3 Å². The van der Waals surface area contributed by atoms with E-state index in [0.717, 1.165) is 56.8 Å². The number of benzene rings is 1. The average Bonchev–Trinajstić information content (AvgIpc) is 2.71. The smallest absolute Gasteiger partial charge is 0.230 e. The van der Waals surface area contributed by atoms with Gasteiger partial charge < -0.3 is 9.80 Å². The minimum atomic E-state index is -0.00651. The summed E-state index contributed by atoms with van der Waals surface area (Å²) in [6.07, 6.45) is 8.45. The molecule has 0 aliphatic carbocycles. The average molecular weight is 350 g/mol. The number of carbonyl (C=O) groups excluding carboxylic acids is 1. The lowest BCUT2D eigenvalue weighted by Gasteiger charge is -2.50. The maximum atomic E-state index is 13.0. The molecule has 4 rings (SSSR count). The third-order valence-corrected chi connectivity index (χ3v) is 6.05. The Bertz CT molecular complexity index is 741. The van der Waals surface area contributed by atoms with E-state index in [9.17, 15) is 4.79 Å². The molecule has 2 fully saturated rings. The fourth-order valence-corrected chi connectivity index (χ4v) is 4.53. The zero-order chi connectivity index (χ0) is 18.0. The molecule has 26 heavy (non-hydrogen) atoms. The van der Waals surface area contributed by atoms with Crippen molar-refractivity contribution < 1.29 is 4.79 Å². The highest BCUT2D eigenvalue weighted by Gasteiger charge is 2.45. The highest BCUT2D eigenvalue weighted by molar-refractivity contribution is 5.84. The summed E-state index contributed by atoms with van der Waals surface area (Å²) in [5.74, 6) is 1.25. The molecule has 2 saturated heterocycles. The standard InChI is InChI=1S/C21H26N4O/c1-2-24-16-21(14-18(20(24)26)17-6-4-3-5-7-17)8-12-25(13-9-21)19-15-22-10-11-23-19/h3-7,10-11,15,18H,2,8-9,12-14,16H2,1H3/t18-/m0/s1. The predicted molar refractivity (Wildman–Crippen MR) is 102 cm³/mol. The third kappa shape index (κ3) is 3.18. The van der Waals surface area contributed by atoms with Crippen molar-refractivity contribution in [1.29, 1.82) is 0 Å². The van der Waals surface area contributed by atoms with Crippen molar-refractivity contribution in [2.45, 2.75) is 32.1 Å². The molecule has 136 valence electrons. The molecule has 1 aromatic carbocycles. The SMILES string of the molecule is CCN1CC2(CCN(c3cnccn3)CC2)C[C@@H](c2ccccc2)C1=O. The first-order valence-corrected chi connectivity index (χ1v) is 9.55. The molecule has 1 amide bonds. The second-order valence-corrected chi connectivity index (χ2v) is 7.57. The minimum absolute atomic E-state index is 0.00651. The van der Waals surface area contributed by atoms with Crippen LogP contribution in [0.4, 0.5) is 5.82 Å². The molecule has 2 aliphatic heterocycles. The summed E-state index contributed by atoms with van der Waals surface area (Å²) in [6.45, 7) is 5.73. The Hall–Kier alpha value is -2.43. The van der Waals surface area contributed by atoms with E-state index < -0.39 is 0 Å². The van der Waals surface area contributed by atoms with Crippen LogP contribution in [0.1, 0.15) is 37.7 Å². The number of nitrogens with zero attached hydrogens (tertiary/aromatic N) is 4. The molecule has 1 aromatic heterocycles. The first-order chi connectivity index (χ1) is 12.7. The van der Waals surface area contributed by atoms with Crippen molar-refractivity contribution >= 4 is 11.7 Å². The van der Waals surface area contributed by atoms with Gasteiger partial charge in [-0.3, -0.25) is 9.78 Å². The quantitative estimate of drug-likeness (QED) is 0.853. The van der Waals surface area contributed by atoms with Gasteiger partial charge in [-0.15, -0.1) is 0 Å². The lowest BCUT2D eigenvalue weighted by atomic mass is 9.67. The maximum Gasteiger partial charge on any atom is 0.230 e. The lowest BCUT2D eigenvalue weighted by Crippen LogP contribution is -2.54. The number of likely N-dealkylation sites (tertiary alicyclic amines) is 1. The van der Waals surface area contributed by atoms with E-state index in [1.54, 1.807) is 12.4 Å². The summed E-state index contributed by atoms with van der Waals surface area (Å²) in [5.41, 5.74) is 1.37. The van der Waals surface area contributed by atoms with Crippen LogP contribution < -0.4 is 4.90 Å². The van der Waals surface area contributed by atoms with E-state index in [0.29, 0.717) is 5.91 Å². The Labute approximate surface area is 155 Å².